The number of fused-ring (bicyclic) bond motifs is 1. The Bertz CT molecular complexity index is 1530. The van der Waals surface area contributed by atoms with E-state index in [9.17, 15) is 13.2 Å². The highest BCUT2D eigenvalue weighted by Gasteiger charge is 2.37. The number of aromatic nitrogens is 2. The van der Waals surface area contributed by atoms with Crippen molar-refractivity contribution in [1.82, 2.24) is 14.9 Å². The summed E-state index contributed by atoms with van der Waals surface area (Å²) in [4.78, 5) is 4.45. The molecule has 2 heterocycles. The SMILES string of the molecule is COCN(Sc1cc(F)ccc1F)c1cccc(C(C)([NH3+])C(=CNCCF)c2ccnc3c2ccn3COC)c1F. The molecule has 2 aromatic carbocycles. The van der Waals surface area contributed by atoms with Gasteiger partial charge in [-0.1, -0.05) is 6.07 Å². The summed E-state index contributed by atoms with van der Waals surface area (Å²) in [6.45, 7) is 1.39. The largest absolute Gasteiger partial charge is 0.388 e. The van der Waals surface area contributed by atoms with Crippen LogP contribution in [-0.2, 0) is 21.7 Å². The highest BCUT2D eigenvalue weighted by Crippen LogP contribution is 2.40. The Hall–Kier alpha value is -3.58. The van der Waals surface area contributed by atoms with Gasteiger partial charge in [0.15, 0.2) is 5.82 Å². The Morgan fingerprint density at radius 3 is 2.68 bits per heavy atom. The number of benzene rings is 2. The van der Waals surface area contributed by atoms with Crippen LogP contribution in [0.25, 0.3) is 16.6 Å². The van der Waals surface area contributed by atoms with Crippen LogP contribution in [0.4, 0.5) is 23.2 Å². The molecule has 0 fully saturated rings. The fourth-order valence-electron chi connectivity index (χ4n) is 4.54. The van der Waals surface area contributed by atoms with Crippen LogP contribution in [0.2, 0.25) is 0 Å². The summed E-state index contributed by atoms with van der Waals surface area (Å²) < 4.78 is 71.6. The third kappa shape index (κ3) is 6.51. The van der Waals surface area contributed by atoms with E-state index in [1.165, 1.54) is 17.5 Å². The molecule has 0 aliphatic carbocycles. The maximum absolute atomic E-state index is 16.4. The van der Waals surface area contributed by atoms with Crippen molar-refractivity contribution in [2.24, 2.45) is 0 Å². The quantitative estimate of drug-likeness (QED) is 0.0961. The lowest BCUT2D eigenvalue weighted by atomic mass is 9.81. The molecule has 1 unspecified atom stereocenters. The fraction of sp³-hybridized carbons (Fsp3) is 0.276. The standard InChI is InChI=1S/C29H31F4N5O2S/c1-29(34,23(16-35-13-11-30)20-9-12-36-28-21(20)10-14-37(28)17-39-2)22-5-4-6-25(27(22)33)38(18-40-3)41-26-15-19(31)7-8-24(26)32/h4-10,12,14-16,35H,11,13,17-18,34H2,1-3H3/p+1. The molecule has 41 heavy (non-hydrogen) atoms. The number of hydrogen-bond acceptors (Lipinski definition) is 6. The molecular weight excluding hydrogens is 558 g/mol. The summed E-state index contributed by atoms with van der Waals surface area (Å²) >= 11 is 0.813. The molecule has 0 amide bonds. The maximum atomic E-state index is 16.4. The van der Waals surface area contributed by atoms with Gasteiger partial charge in [0.1, 0.15) is 43.0 Å². The summed E-state index contributed by atoms with van der Waals surface area (Å²) in [5.41, 5.74) is 5.50. The molecular formula is C29H32F4N5O2S+. The number of hydrogen-bond donors (Lipinski definition) is 2. The van der Waals surface area contributed by atoms with Crippen LogP contribution in [0.1, 0.15) is 18.1 Å². The Morgan fingerprint density at radius 2 is 1.95 bits per heavy atom. The Kier molecular flexibility index (Phi) is 9.92. The molecule has 0 saturated carbocycles. The number of halogens is 4. The van der Waals surface area contributed by atoms with Crippen LogP contribution in [0.3, 0.4) is 0 Å². The number of pyridine rings is 1. The van der Waals surface area contributed by atoms with E-state index in [0.717, 1.165) is 41.1 Å². The normalized spacial score (nSPS) is 13.4. The van der Waals surface area contributed by atoms with Crippen LogP contribution in [-0.4, -0.2) is 43.7 Å². The molecule has 2 aromatic heterocycles. The number of anilines is 1. The minimum atomic E-state index is -1.20. The predicted octanol–water partition coefficient (Wildman–Crippen LogP) is 5.23. The molecule has 4 rings (SSSR count). The lowest BCUT2D eigenvalue weighted by molar-refractivity contribution is -0.457. The molecule has 0 radical (unpaired) electrons. The Balaban J connectivity index is 1.82. The molecule has 4 aromatic rings. The van der Waals surface area contributed by atoms with Crippen LogP contribution in [0, 0.1) is 17.5 Å². The topological polar surface area (TPSA) is 79.2 Å². The fourth-order valence-corrected chi connectivity index (χ4v) is 5.50. The van der Waals surface area contributed by atoms with Gasteiger partial charge in [-0.2, -0.15) is 0 Å². The van der Waals surface area contributed by atoms with Crippen LogP contribution >= 0.6 is 11.9 Å². The van der Waals surface area contributed by atoms with Crippen LogP contribution < -0.4 is 15.4 Å². The average Bonchev–Trinajstić information content (AvgIpc) is 3.36. The number of ether oxygens (including phenoxy) is 2. The van der Waals surface area contributed by atoms with Crippen LogP contribution in [0.5, 0.6) is 0 Å². The number of nitrogens with one attached hydrogen (secondary N) is 1. The van der Waals surface area contributed by atoms with Crippen molar-refractivity contribution < 1.29 is 32.8 Å². The van der Waals surface area contributed by atoms with Gasteiger partial charge in [0.25, 0.3) is 0 Å². The summed E-state index contributed by atoms with van der Waals surface area (Å²) in [6.07, 6.45) is 5.12. The van der Waals surface area contributed by atoms with Gasteiger partial charge in [-0.3, -0.25) is 4.31 Å². The molecule has 0 spiro atoms. The zero-order chi connectivity index (χ0) is 29.6. The van der Waals surface area contributed by atoms with E-state index in [-0.39, 0.29) is 36.2 Å². The van der Waals surface area contributed by atoms with Crippen molar-refractivity contribution in [3.8, 4) is 0 Å². The molecule has 0 bridgehead atoms. The van der Waals surface area contributed by atoms with E-state index < -0.39 is 29.7 Å². The first-order valence-electron chi connectivity index (χ1n) is 12.7. The Morgan fingerprint density at radius 1 is 1.15 bits per heavy atom. The lowest BCUT2D eigenvalue weighted by Gasteiger charge is -2.29. The van der Waals surface area contributed by atoms with Crippen LogP contribution in [0.15, 0.2) is 72.0 Å². The summed E-state index contributed by atoms with van der Waals surface area (Å²) in [6, 6.07) is 11.5. The molecule has 0 aliphatic rings. The molecule has 12 heteroatoms. The van der Waals surface area contributed by atoms with E-state index in [1.807, 2.05) is 16.8 Å². The second-order valence-corrected chi connectivity index (χ2v) is 10.5. The highest BCUT2D eigenvalue weighted by atomic mass is 32.2. The zero-order valence-electron chi connectivity index (χ0n) is 23.0. The first-order valence-corrected chi connectivity index (χ1v) is 13.5. The van der Waals surface area contributed by atoms with E-state index in [4.69, 9.17) is 9.47 Å². The number of nitrogens with zero attached hydrogens (tertiary/aromatic N) is 3. The first-order chi connectivity index (χ1) is 19.7. The summed E-state index contributed by atoms with van der Waals surface area (Å²) in [7, 11) is 3.00. The smallest absolute Gasteiger partial charge is 0.157 e. The summed E-state index contributed by atoms with van der Waals surface area (Å²) in [5.74, 6) is -1.89. The minimum absolute atomic E-state index is 0.0278. The maximum Gasteiger partial charge on any atom is 0.157 e. The number of quaternary nitrogens is 1. The Labute approximate surface area is 240 Å². The van der Waals surface area contributed by atoms with Crippen molar-refractivity contribution in [3.63, 3.8) is 0 Å². The van der Waals surface area contributed by atoms with Gasteiger partial charge in [-0.15, -0.1) is 0 Å². The van der Waals surface area contributed by atoms with Crippen molar-refractivity contribution in [1.29, 1.82) is 0 Å². The zero-order valence-corrected chi connectivity index (χ0v) is 23.8. The van der Waals surface area contributed by atoms with Gasteiger partial charge >= 0.3 is 0 Å². The van der Waals surface area contributed by atoms with Gasteiger partial charge in [-0.25, -0.2) is 22.5 Å². The second-order valence-electron chi connectivity index (χ2n) is 9.43. The number of methoxy groups -OCH3 is 2. The monoisotopic (exact) mass is 590 g/mol. The van der Waals surface area contributed by atoms with E-state index in [2.05, 4.69) is 16.0 Å². The molecule has 0 saturated heterocycles. The van der Waals surface area contributed by atoms with Gasteiger partial charge in [0.2, 0.25) is 0 Å². The third-order valence-electron chi connectivity index (χ3n) is 6.49. The van der Waals surface area contributed by atoms with Crippen molar-refractivity contribution in [2.45, 2.75) is 24.1 Å². The molecule has 4 N–H and O–H groups in total. The van der Waals surface area contributed by atoms with Gasteiger partial charge in [0.05, 0.1) is 16.1 Å². The third-order valence-corrected chi connectivity index (χ3v) is 7.52. The molecule has 218 valence electrons. The highest BCUT2D eigenvalue weighted by molar-refractivity contribution is 8.00. The number of alkyl halides is 1. The summed E-state index contributed by atoms with van der Waals surface area (Å²) in [5, 5.41) is 3.74. The van der Waals surface area contributed by atoms with Gasteiger partial charge in [0, 0.05) is 50.3 Å². The number of rotatable bonds is 13. The molecule has 1 atom stereocenters. The molecule has 0 aliphatic heterocycles. The lowest BCUT2D eigenvalue weighted by Crippen LogP contribution is -2.69. The first kappa shape index (κ1) is 30.4. The predicted molar refractivity (Wildman–Crippen MR) is 152 cm³/mol. The average molecular weight is 591 g/mol. The van der Waals surface area contributed by atoms with Crippen molar-refractivity contribution in [3.05, 3.63) is 95.7 Å². The van der Waals surface area contributed by atoms with Crippen molar-refractivity contribution in [2.75, 3.05) is 38.5 Å². The molecule has 7 nitrogen and oxygen atoms in total. The minimum Gasteiger partial charge on any atom is -0.388 e. The van der Waals surface area contributed by atoms with E-state index in [1.54, 1.807) is 44.6 Å². The van der Waals surface area contributed by atoms with Crippen molar-refractivity contribution >= 4 is 34.2 Å². The van der Waals surface area contributed by atoms with E-state index >= 15 is 4.39 Å². The van der Waals surface area contributed by atoms with Gasteiger partial charge < -0.3 is 25.1 Å². The van der Waals surface area contributed by atoms with E-state index in [0.29, 0.717) is 11.2 Å². The van der Waals surface area contributed by atoms with Gasteiger partial charge in [-0.05, 0) is 66.9 Å². The second kappa shape index (κ2) is 13.4.